The number of likely N-dealkylation sites (N-methyl/N-ethyl adjacent to an activating group) is 1. The summed E-state index contributed by atoms with van der Waals surface area (Å²) in [5.41, 5.74) is 0. The van der Waals surface area contributed by atoms with E-state index >= 15 is 0 Å². The highest BCUT2D eigenvalue weighted by molar-refractivity contribution is 5.82. The molecule has 0 bridgehead atoms. The van der Waals surface area contributed by atoms with Crippen LogP contribution < -0.4 is 10.6 Å². The van der Waals surface area contributed by atoms with Crippen LogP contribution in [0, 0.1) is 5.92 Å². The van der Waals surface area contributed by atoms with Crippen molar-refractivity contribution in [3.63, 3.8) is 0 Å². The molecule has 2 unspecified atom stereocenters. The predicted octanol–water partition coefficient (Wildman–Crippen LogP) is 0.879. The van der Waals surface area contributed by atoms with Gasteiger partial charge in [0.2, 0.25) is 0 Å². The molecule has 6 heteroatoms. The lowest BCUT2D eigenvalue weighted by Crippen LogP contribution is -2.52. The first-order chi connectivity index (χ1) is 8.91. The van der Waals surface area contributed by atoms with E-state index in [1.54, 1.807) is 13.8 Å². The number of carbonyl (C=O) groups is 2. The van der Waals surface area contributed by atoms with E-state index in [2.05, 4.69) is 22.6 Å². The van der Waals surface area contributed by atoms with Crippen LogP contribution >= 0.6 is 0 Å². The maximum atomic E-state index is 11.7. The number of nitrogens with one attached hydrogen (secondary N) is 2. The van der Waals surface area contributed by atoms with E-state index in [4.69, 9.17) is 5.11 Å². The van der Waals surface area contributed by atoms with Gasteiger partial charge < -0.3 is 20.6 Å². The zero-order chi connectivity index (χ0) is 14.4. The van der Waals surface area contributed by atoms with Gasteiger partial charge in [-0.25, -0.2) is 9.59 Å². The Kier molecular flexibility index (Phi) is 6.08. The van der Waals surface area contributed by atoms with Gasteiger partial charge in [-0.3, -0.25) is 0 Å². The van der Waals surface area contributed by atoms with Crippen LogP contribution in [-0.2, 0) is 4.79 Å². The summed E-state index contributed by atoms with van der Waals surface area (Å²) in [6.07, 6.45) is 3.46. The second kappa shape index (κ2) is 7.33. The number of aliphatic carboxylic acids is 1. The van der Waals surface area contributed by atoms with Crippen molar-refractivity contribution in [3.05, 3.63) is 0 Å². The van der Waals surface area contributed by atoms with Crippen molar-refractivity contribution in [1.82, 2.24) is 15.5 Å². The molecule has 19 heavy (non-hydrogen) atoms. The van der Waals surface area contributed by atoms with Crippen LogP contribution in [0.4, 0.5) is 4.79 Å². The predicted molar refractivity (Wildman–Crippen MR) is 73.1 cm³/mol. The SMILES string of the molecule is CC(C)C(NC(=O)NCC1CCCCN1C)C(=O)O. The zero-order valence-corrected chi connectivity index (χ0v) is 12.0. The molecule has 1 aliphatic rings. The zero-order valence-electron chi connectivity index (χ0n) is 12.0. The molecule has 110 valence electrons. The first-order valence-corrected chi connectivity index (χ1v) is 6.89. The summed E-state index contributed by atoms with van der Waals surface area (Å²) in [5.74, 6) is -1.14. The van der Waals surface area contributed by atoms with Crippen molar-refractivity contribution in [2.75, 3.05) is 20.1 Å². The number of carboxylic acid groups (broad SMARTS) is 1. The molecule has 0 aliphatic carbocycles. The third kappa shape index (κ3) is 5.06. The van der Waals surface area contributed by atoms with Gasteiger partial charge in [-0.15, -0.1) is 0 Å². The number of urea groups is 1. The van der Waals surface area contributed by atoms with E-state index in [0.29, 0.717) is 12.6 Å². The summed E-state index contributed by atoms with van der Waals surface area (Å²) in [6, 6.07) is -0.897. The van der Waals surface area contributed by atoms with E-state index < -0.39 is 18.0 Å². The minimum atomic E-state index is -1.00. The monoisotopic (exact) mass is 271 g/mol. The van der Waals surface area contributed by atoms with Crippen LogP contribution in [0.5, 0.6) is 0 Å². The minimum absolute atomic E-state index is 0.138. The Morgan fingerprint density at radius 3 is 2.58 bits per heavy atom. The highest BCUT2D eigenvalue weighted by atomic mass is 16.4. The Morgan fingerprint density at radius 2 is 2.05 bits per heavy atom. The Labute approximate surface area is 114 Å². The molecule has 0 aromatic carbocycles. The Bertz CT molecular complexity index is 320. The van der Waals surface area contributed by atoms with Gasteiger partial charge in [0.1, 0.15) is 6.04 Å². The van der Waals surface area contributed by atoms with Gasteiger partial charge in [0.05, 0.1) is 0 Å². The second-order valence-electron chi connectivity index (χ2n) is 5.54. The Hall–Kier alpha value is -1.30. The lowest BCUT2D eigenvalue weighted by molar-refractivity contribution is -0.140. The Balaban J connectivity index is 2.36. The molecule has 1 aliphatic heterocycles. The van der Waals surface area contributed by atoms with Gasteiger partial charge in [-0.2, -0.15) is 0 Å². The number of rotatable bonds is 5. The highest BCUT2D eigenvalue weighted by Crippen LogP contribution is 2.13. The van der Waals surface area contributed by atoms with Crippen molar-refractivity contribution in [2.24, 2.45) is 5.92 Å². The van der Waals surface area contributed by atoms with E-state index in [9.17, 15) is 9.59 Å². The number of likely N-dealkylation sites (tertiary alicyclic amines) is 1. The summed E-state index contributed by atoms with van der Waals surface area (Å²) in [7, 11) is 2.05. The lowest BCUT2D eigenvalue weighted by Gasteiger charge is -2.32. The maximum absolute atomic E-state index is 11.7. The molecule has 1 fully saturated rings. The molecule has 2 amide bonds. The van der Waals surface area contributed by atoms with Crippen LogP contribution in [0.15, 0.2) is 0 Å². The minimum Gasteiger partial charge on any atom is -0.480 e. The number of carboxylic acids is 1. The third-order valence-electron chi connectivity index (χ3n) is 3.64. The van der Waals surface area contributed by atoms with Crippen LogP contribution in [0.3, 0.4) is 0 Å². The van der Waals surface area contributed by atoms with E-state index in [1.807, 2.05) is 0 Å². The number of hydrogen-bond acceptors (Lipinski definition) is 3. The number of hydrogen-bond donors (Lipinski definition) is 3. The van der Waals surface area contributed by atoms with Gasteiger partial charge >= 0.3 is 12.0 Å². The fourth-order valence-corrected chi connectivity index (χ4v) is 2.32. The quantitative estimate of drug-likeness (QED) is 0.693. The van der Waals surface area contributed by atoms with E-state index in [-0.39, 0.29) is 5.92 Å². The normalized spacial score (nSPS) is 22.0. The topological polar surface area (TPSA) is 81.7 Å². The summed E-state index contributed by atoms with van der Waals surface area (Å²) in [5, 5.41) is 14.3. The van der Waals surface area contributed by atoms with Crippen LogP contribution in [0.1, 0.15) is 33.1 Å². The number of nitrogens with zero attached hydrogens (tertiary/aromatic N) is 1. The van der Waals surface area contributed by atoms with Crippen LogP contribution in [-0.4, -0.2) is 54.2 Å². The standard InChI is InChI=1S/C13H25N3O3/c1-9(2)11(12(17)18)15-13(19)14-8-10-6-4-5-7-16(10)3/h9-11H,4-8H2,1-3H3,(H,17,18)(H2,14,15,19). The maximum Gasteiger partial charge on any atom is 0.326 e. The lowest BCUT2D eigenvalue weighted by atomic mass is 10.0. The molecule has 0 aromatic heterocycles. The fraction of sp³-hybridized carbons (Fsp3) is 0.846. The molecule has 0 spiro atoms. The molecule has 0 aromatic rings. The largest absolute Gasteiger partial charge is 0.480 e. The van der Waals surface area contributed by atoms with Crippen LogP contribution in [0.25, 0.3) is 0 Å². The number of amides is 2. The fourth-order valence-electron chi connectivity index (χ4n) is 2.32. The molecule has 1 heterocycles. The molecular formula is C13H25N3O3. The molecule has 0 saturated carbocycles. The molecule has 1 saturated heterocycles. The average Bonchev–Trinajstić information content (AvgIpc) is 2.34. The number of piperidine rings is 1. The summed E-state index contributed by atoms with van der Waals surface area (Å²) < 4.78 is 0. The van der Waals surface area contributed by atoms with Crippen LogP contribution in [0.2, 0.25) is 0 Å². The van der Waals surface area contributed by atoms with Crippen molar-refractivity contribution in [3.8, 4) is 0 Å². The van der Waals surface area contributed by atoms with Crippen molar-refractivity contribution >= 4 is 12.0 Å². The summed E-state index contributed by atoms with van der Waals surface area (Å²) in [6.45, 7) is 5.16. The highest BCUT2D eigenvalue weighted by Gasteiger charge is 2.24. The van der Waals surface area contributed by atoms with Crippen molar-refractivity contribution < 1.29 is 14.7 Å². The molecular weight excluding hydrogens is 246 g/mol. The van der Waals surface area contributed by atoms with Gasteiger partial charge in [-0.05, 0) is 32.4 Å². The molecule has 1 rings (SSSR count). The molecule has 3 N–H and O–H groups in total. The molecule has 0 radical (unpaired) electrons. The molecule has 6 nitrogen and oxygen atoms in total. The van der Waals surface area contributed by atoms with E-state index in [0.717, 1.165) is 13.0 Å². The Morgan fingerprint density at radius 1 is 1.37 bits per heavy atom. The van der Waals surface area contributed by atoms with Gasteiger partial charge in [0.15, 0.2) is 0 Å². The molecule has 2 atom stereocenters. The van der Waals surface area contributed by atoms with Gasteiger partial charge in [-0.1, -0.05) is 20.3 Å². The number of carbonyl (C=O) groups excluding carboxylic acids is 1. The van der Waals surface area contributed by atoms with Gasteiger partial charge in [0, 0.05) is 12.6 Å². The smallest absolute Gasteiger partial charge is 0.326 e. The van der Waals surface area contributed by atoms with Gasteiger partial charge in [0.25, 0.3) is 0 Å². The second-order valence-corrected chi connectivity index (χ2v) is 5.54. The van der Waals surface area contributed by atoms with E-state index in [1.165, 1.54) is 12.8 Å². The summed E-state index contributed by atoms with van der Waals surface area (Å²) in [4.78, 5) is 24.9. The van der Waals surface area contributed by atoms with Crippen molar-refractivity contribution in [2.45, 2.75) is 45.2 Å². The first kappa shape index (κ1) is 15.8. The first-order valence-electron chi connectivity index (χ1n) is 6.89. The average molecular weight is 271 g/mol. The third-order valence-corrected chi connectivity index (χ3v) is 3.64. The van der Waals surface area contributed by atoms with Crippen molar-refractivity contribution in [1.29, 1.82) is 0 Å². The summed E-state index contributed by atoms with van der Waals surface area (Å²) >= 11 is 0.